The van der Waals surface area contributed by atoms with Crippen LogP contribution in [0.15, 0.2) is 9.59 Å². The van der Waals surface area contributed by atoms with Gasteiger partial charge in [0.05, 0.1) is 5.56 Å². The van der Waals surface area contributed by atoms with Crippen molar-refractivity contribution in [1.29, 1.82) is 0 Å². The van der Waals surface area contributed by atoms with Crippen molar-refractivity contribution < 1.29 is 0 Å². The Balaban J connectivity index is 2.85. The summed E-state index contributed by atoms with van der Waals surface area (Å²) in [5.74, 6) is 0.685. The van der Waals surface area contributed by atoms with Gasteiger partial charge in [0, 0.05) is 20.6 Å². The van der Waals surface area contributed by atoms with Crippen molar-refractivity contribution in [2.75, 3.05) is 11.9 Å². The highest BCUT2D eigenvalue weighted by Crippen LogP contribution is 2.14. The molecule has 0 spiro atoms. The van der Waals surface area contributed by atoms with Gasteiger partial charge in [-0.15, -0.1) is 0 Å². The molecule has 1 aromatic rings. The Kier molecular flexibility index (Phi) is 1.94. The summed E-state index contributed by atoms with van der Waals surface area (Å²) < 4.78 is 2.65. The molecule has 2 heterocycles. The Hall–Kier alpha value is -1.52. The Morgan fingerprint density at radius 2 is 1.93 bits per heavy atom. The van der Waals surface area contributed by atoms with Crippen LogP contribution in [0.3, 0.4) is 0 Å². The van der Waals surface area contributed by atoms with E-state index in [0.29, 0.717) is 5.82 Å². The van der Waals surface area contributed by atoms with Crippen molar-refractivity contribution in [3.05, 3.63) is 26.4 Å². The molecule has 0 atom stereocenters. The summed E-state index contributed by atoms with van der Waals surface area (Å²) in [5, 5.41) is 3.09. The summed E-state index contributed by atoms with van der Waals surface area (Å²) in [6.45, 7) is 0.827. The number of nitrogens with one attached hydrogen (secondary N) is 1. The first-order valence-corrected chi connectivity index (χ1v) is 4.65. The zero-order valence-electron chi connectivity index (χ0n) is 8.33. The molecular weight excluding hydrogens is 182 g/mol. The van der Waals surface area contributed by atoms with Crippen LogP contribution in [-0.2, 0) is 20.5 Å². The smallest absolute Gasteiger partial charge is 0.332 e. The van der Waals surface area contributed by atoms with Crippen molar-refractivity contribution in [2.45, 2.75) is 12.8 Å². The summed E-state index contributed by atoms with van der Waals surface area (Å²) in [5.41, 5.74) is 0.277. The number of aromatic nitrogens is 2. The maximum atomic E-state index is 11.7. The van der Waals surface area contributed by atoms with Gasteiger partial charge in [-0.3, -0.25) is 13.9 Å². The minimum absolute atomic E-state index is 0.171. The third-order valence-electron chi connectivity index (χ3n) is 2.65. The lowest BCUT2D eigenvalue weighted by molar-refractivity contribution is 0.649. The molecule has 1 aromatic heterocycles. The molecule has 0 aliphatic carbocycles. The normalized spacial score (nSPS) is 14.7. The van der Waals surface area contributed by atoms with Crippen molar-refractivity contribution in [3.8, 4) is 0 Å². The van der Waals surface area contributed by atoms with E-state index in [9.17, 15) is 9.59 Å². The molecule has 0 bridgehead atoms. The molecule has 1 N–H and O–H groups in total. The summed E-state index contributed by atoms with van der Waals surface area (Å²) >= 11 is 0. The number of fused-ring (bicyclic) bond motifs is 1. The Bertz CT molecular complexity index is 484. The van der Waals surface area contributed by atoms with Gasteiger partial charge in [0.25, 0.3) is 5.56 Å². The predicted molar refractivity (Wildman–Crippen MR) is 53.7 cm³/mol. The van der Waals surface area contributed by atoms with E-state index in [1.54, 1.807) is 7.05 Å². The molecule has 1 aliphatic rings. The number of nitrogens with zero attached hydrogens (tertiary/aromatic N) is 2. The van der Waals surface area contributed by atoms with Crippen LogP contribution in [0, 0.1) is 0 Å². The molecule has 0 unspecified atom stereocenters. The molecule has 0 fully saturated rings. The first-order chi connectivity index (χ1) is 6.63. The van der Waals surface area contributed by atoms with Crippen LogP contribution >= 0.6 is 0 Å². The Morgan fingerprint density at radius 1 is 1.21 bits per heavy atom. The Labute approximate surface area is 81.0 Å². The largest absolute Gasteiger partial charge is 0.371 e. The second-order valence-electron chi connectivity index (χ2n) is 3.56. The van der Waals surface area contributed by atoms with Gasteiger partial charge in [0.2, 0.25) is 0 Å². The Morgan fingerprint density at radius 3 is 2.64 bits per heavy atom. The molecular formula is C9H13N3O2. The van der Waals surface area contributed by atoms with Crippen LogP contribution in [0.4, 0.5) is 5.82 Å². The topological polar surface area (TPSA) is 56.0 Å². The molecule has 14 heavy (non-hydrogen) atoms. The maximum Gasteiger partial charge on any atom is 0.332 e. The van der Waals surface area contributed by atoms with Crippen LogP contribution in [0.1, 0.15) is 12.0 Å². The van der Waals surface area contributed by atoms with E-state index in [1.165, 1.54) is 11.6 Å². The molecule has 0 aromatic carbocycles. The highest BCUT2D eigenvalue weighted by atomic mass is 16.2. The second-order valence-corrected chi connectivity index (χ2v) is 3.56. The van der Waals surface area contributed by atoms with E-state index in [4.69, 9.17) is 0 Å². The molecule has 5 nitrogen and oxygen atoms in total. The van der Waals surface area contributed by atoms with Gasteiger partial charge in [0.15, 0.2) is 0 Å². The summed E-state index contributed by atoms with van der Waals surface area (Å²) in [6, 6.07) is 0. The van der Waals surface area contributed by atoms with Crippen molar-refractivity contribution in [1.82, 2.24) is 9.13 Å². The number of anilines is 1. The molecule has 0 amide bonds. The second kappa shape index (κ2) is 3.01. The van der Waals surface area contributed by atoms with Crippen LogP contribution in [-0.4, -0.2) is 15.7 Å². The van der Waals surface area contributed by atoms with Crippen LogP contribution < -0.4 is 16.6 Å². The van der Waals surface area contributed by atoms with E-state index in [0.717, 1.165) is 29.5 Å². The van der Waals surface area contributed by atoms with Gasteiger partial charge in [-0.2, -0.15) is 0 Å². The van der Waals surface area contributed by atoms with Gasteiger partial charge in [-0.1, -0.05) is 0 Å². The van der Waals surface area contributed by atoms with Crippen LogP contribution in [0.5, 0.6) is 0 Å². The lowest BCUT2D eigenvalue weighted by atomic mass is 10.1. The van der Waals surface area contributed by atoms with E-state index >= 15 is 0 Å². The average Bonchev–Trinajstić information content (AvgIpc) is 2.23. The van der Waals surface area contributed by atoms with Crippen molar-refractivity contribution in [3.63, 3.8) is 0 Å². The van der Waals surface area contributed by atoms with E-state index in [2.05, 4.69) is 5.32 Å². The average molecular weight is 195 g/mol. The van der Waals surface area contributed by atoms with Gasteiger partial charge in [0.1, 0.15) is 5.82 Å². The molecule has 0 saturated carbocycles. The lowest BCUT2D eigenvalue weighted by Crippen LogP contribution is -2.41. The van der Waals surface area contributed by atoms with Crippen LogP contribution in [0.2, 0.25) is 0 Å². The molecule has 2 rings (SSSR count). The van der Waals surface area contributed by atoms with Crippen molar-refractivity contribution in [2.24, 2.45) is 14.1 Å². The van der Waals surface area contributed by atoms with Crippen molar-refractivity contribution >= 4 is 5.82 Å². The van der Waals surface area contributed by atoms with E-state index in [1.807, 2.05) is 0 Å². The number of rotatable bonds is 0. The van der Waals surface area contributed by atoms with E-state index < -0.39 is 0 Å². The first-order valence-electron chi connectivity index (χ1n) is 4.65. The summed E-state index contributed by atoms with van der Waals surface area (Å²) in [6.07, 6.45) is 1.70. The van der Waals surface area contributed by atoms with E-state index in [-0.39, 0.29) is 11.2 Å². The first kappa shape index (κ1) is 9.05. The molecule has 0 radical (unpaired) electrons. The third-order valence-corrected chi connectivity index (χ3v) is 2.65. The zero-order chi connectivity index (χ0) is 10.3. The minimum atomic E-state index is -0.275. The number of hydrogen-bond acceptors (Lipinski definition) is 3. The number of hydrogen-bond donors (Lipinski definition) is 1. The molecule has 1 aliphatic heterocycles. The standard InChI is InChI=1S/C9H13N3O2/c1-11-7-6(4-3-5-10-7)8(13)12(2)9(11)14/h10H,3-5H2,1-2H3. The van der Waals surface area contributed by atoms with Gasteiger partial charge < -0.3 is 5.32 Å². The lowest BCUT2D eigenvalue weighted by Gasteiger charge is -2.20. The van der Waals surface area contributed by atoms with Gasteiger partial charge in [-0.05, 0) is 12.8 Å². The molecule has 76 valence electrons. The maximum absolute atomic E-state index is 11.7. The fraction of sp³-hybridized carbons (Fsp3) is 0.556. The summed E-state index contributed by atoms with van der Waals surface area (Å²) in [7, 11) is 3.19. The fourth-order valence-corrected chi connectivity index (χ4v) is 1.84. The minimum Gasteiger partial charge on any atom is -0.371 e. The van der Waals surface area contributed by atoms with Gasteiger partial charge in [-0.25, -0.2) is 4.79 Å². The highest BCUT2D eigenvalue weighted by Gasteiger charge is 2.17. The zero-order valence-corrected chi connectivity index (χ0v) is 8.33. The monoisotopic (exact) mass is 195 g/mol. The predicted octanol–water partition coefficient (Wildman–Crippen LogP) is -0.558. The van der Waals surface area contributed by atoms with Crippen LogP contribution in [0.25, 0.3) is 0 Å². The quantitative estimate of drug-likeness (QED) is 0.604. The fourth-order valence-electron chi connectivity index (χ4n) is 1.84. The SMILES string of the molecule is Cn1c2c(c(=O)n(C)c1=O)CCCN2. The molecule has 5 heteroatoms. The van der Waals surface area contributed by atoms with Gasteiger partial charge >= 0.3 is 5.69 Å². The molecule has 0 saturated heterocycles. The third kappa shape index (κ3) is 1.08. The highest BCUT2D eigenvalue weighted by molar-refractivity contribution is 5.45. The summed E-state index contributed by atoms with van der Waals surface area (Å²) in [4.78, 5) is 23.2.